The van der Waals surface area contributed by atoms with E-state index in [0.717, 1.165) is 11.1 Å². The summed E-state index contributed by atoms with van der Waals surface area (Å²) < 4.78 is 0. The lowest BCUT2D eigenvalue weighted by Crippen LogP contribution is -2.26. The van der Waals surface area contributed by atoms with Crippen molar-refractivity contribution in [2.24, 2.45) is 0 Å². The molecule has 0 atom stereocenters. The summed E-state index contributed by atoms with van der Waals surface area (Å²) in [6, 6.07) is 24.0. The SMILES string of the molecule is CN(Cc1ccccc1)C(=O)c1cccc(NC(=O)Cc2ccc(N)cc2)c1. The van der Waals surface area contributed by atoms with Crippen LogP contribution in [0.2, 0.25) is 0 Å². The summed E-state index contributed by atoms with van der Waals surface area (Å²) in [5.41, 5.74) is 9.39. The summed E-state index contributed by atoms with van der Waals surface area (Å²) in [6.45, 7) is 0.521. The van der Waals surface area contributed by atoms with Crippen LogP contribution in [0.4, 0.5) is 11.4 Å². The topological polar surface area (TPSA) is 75.4 Å². The molecule has 0 aliphatic rings. The van der Waals surface area contributed by atoms with Gasteiger partial charge in [-0.15, -0.1) is 0 Å². The van der Waals surface area contributed by atoms with Gasteiger partial charge in [-0.3, -0.25) is 9.59 Å². The Hall–Kier alpha value is -3.60. The van der Waals surface area contributed by atoms with Crippen molar-refractivity contribution in [3.8, 4) is 0 Å². The average molecular weight is 373 g/mol. The molecule has 0 bridgehead atoms. The van der Waals surface area contributed by atoms with Gasteiger partial charge in [0.1, 0.15) is 0 Å². The molecule has 0 radical (unpaired) electrons. The van der Waals surface area contributed by atoms with Crippen LogP contribution in [0.15, 0.2) is 78.9 Å². The summed E-state index contributed by atoms with van der Waals surface area (Å²) in [4.78, 5) is 26.7. The fourth-order valence-corrected chi connectivity index (χ4v) is 2.91. The number of amides is 2. The van der Waals surface area contributed by atoms with Crippen molar-refractivity contribution in [1.29, 1.82) is 0 Å². The molecule has 5 heteroatoms. The Kier molecular flexibility index (Phi) is 6.07. The second-order valence-corrected chi connectivity index (χ2v) is 6.69. The number of carbonyl (C=O) groups is 2. The minimum absolute atomic E-state index is 0.0986. The van der Waals surface area contributed by atoms with Crippen LogP contribution in [0, 0.1) is 0 Å². The van der Waals surface area contributed by atoms with Crippen LogP contribution < -0.4 is 11.1 Å². The third kappa shape index (κ3) is 5.20. The number of nitrogens with one attached hydrogen (secondary N) is 1. The van der Waals surface area contributed by atoms with Crippen molar-refractivity contribution in [3.05, 3.63) is 95.6 Å². The first-order chi connectivity index (χ1) is 13.5. The van der Waals surface area contributed by atoms with Crippen molar-refractivity contribution in [2.45, 2.75) is 13.0 Å². The average Bonchev–Trinajstić information content (AvgIpc) is 2.70. The lowest BCUT2D eigenvalue weighted by atomic mass is 10.1. The second-order valence-electron chi connectivity index (χ2n) is 6.69. The molecule has 28 heavy (non-hydrogen) atoms. The molecule has 5 nitrogen and oxygen atoms in total. The Labute approximate surface area is 164 Å². The van der Waals surface area contributed by atoms with E-state index in [9.17, 15) is 9.59 Å². The number of nitrogen functional groups attached to an aromatic ring is 1. The lowest BCUT2D eigenvalue weighted by Gasteiger charge is -2.18. The summed E-state index contributed by atoms with van der Waals surface area (Å²) in [6.07, 6.45) is 0.242. The molecule has 0 spiro atoms. The zero-order chi connectivity index (χ0) is 19.9. The number of rotatable bonds is 6. The van der Waals surface area contributed by atoms with Gasteiger partial charge in [0.2, 0.25) is 5.91 Å². The van der Waals surface area contributed by atoms with Gasteiger partial charge in [0.05, 0.1) is 6.42 Å². The first-order valence-corrected chi connectivity index (χ1v) is 9.05. The molecule has 3 aromatic carbocycles. The molecule has 0 saturated carbocycles. The van der Waals surface area contributed by atoms with Crippen LogP contribution in [-0.4, -0.2) is 23.8 Å². The summed E-state index contributed by atoms with van der Waals surface area (Å²) in [5.74, 6) is -0.245. The fraction of sp³-hybridized carbons (Fsp3) is 0.130. The van der Waals surface area contributed by atoms with Gasteiger partial charge < -0.3 is 16.0 Å². The van der Waals surface area contributed by atoms with Gasteiger partial charge >= 0.3 is 0 Å². The third-order valence-corrected chi connectivity index (χ3v) is 4.35. The van der Waals surface area contributed by atoms with E-state index in [1.165, 1.54) is 0 Å². The van der Waals surface area contributed by atoms with Gasteiger partial charge in [-0.25, -0.2) is 0 Å². The Morgan fingerprint density at radius 3 is 2.32 bits per heavy atom. The summed E-state index contributed by atoms with van der Waals surface area (Å²) >= 11 is 0. The number of benzene rings is 3. The molecule has 0 fully saturated rings. The standard InChI is InChI=1S/C23H23N3O2/c1-26(16-18-6-3-2-4-7-18)23(28)19-8-5-9-21(15-19)25-22(27)14-17-10-12-20(24)13-11-17/h2-13,15H,14,16,24H2,1H3,(H,25,27). The normalized spacial score (nSPS) is 10.3. The second kappa shape index (κ2) is 8.86. The van der Waals surface area contributed by atoms with Crippen LogP contribution in [0.1, 0.15) is 21.5 Å². The number of anilines is 2. The van der Waals surface area contributed by atoms with Gasteiger partial charge in [-0.05, 0) is 41.5 Å². The van der Waals surface area contributed by atoms with Crippen molar-refractivity contribution < 1.29 is 9.59 Å². The van der Waals surface area contributed by atoms with Gasteiger partial charge in [-0.1, -0.05) is 48.5 Å². The van der Waals surface area contributed by atoms with Crippen molar-refractivity contribution in [2.75, 3.05) is 18.1 Å². The van der Waals surface area contributed by atoms with E-state index in [2.05, 4.69) is 5.32 Å². The molecule has 0 saturated heterocycles. The van der Waals surface area contributed by atoms with Crippen LogP contribution in [0.5, 0.6) is 0 Å². The highest BCUT2D eigenvalue weighted by atomic mass is 16.2. The van der Waals surface area contributed by atoms with E-state index in [4.69, 9.17) is 5.73 Å². The van der Waals surface area contributed by atoms with Crippen LogP contribution in [0.25, 0.3) is 0 Å². The molecule has 0 heterocycles. The maximum absolute atomic E-state index is 12.7. The predicted octanol–water partition coefficient (Wildman–Crippen LogP) is 3.72. The Morgan fingerprint density at radius 2 is 1.61 bits per heavy atom. The number of hydrogen-bond donors (Lipinski definition) is 2. The molecule has 3 aromatic rings. The highest BCUT2D eigenvalue weighted by Gasteiger charge is 2.13. The molecular weight excluding hydrogens is 350 g/mol. The predicted molar refractivity (Wildman–Crippen MR) is 112 cm³/mol. The quantitative estimate of drug-likeness (QED) is 0.647. The summed E-state index contributed by atoms with van der Waals surface area (Å²) in [5, 5.41) is 2.85. The van der Waals surface area contributed by atoms with E-state index in [-0.39, 0.29) is 18.2 Å². The van der Waals surface area contributed by atoms with E-state index < -0.39 is 0 Å². The minimum atomic E-state index is -0.146. The maximum Gasteiger partial charge on any atom is 0.253 e. The molecule has 0 aliphatic heterocycles. The molecule has 0 aromatic heterocycles. The van der Waals surface area contributed by atoms with E-state index in [0.29, 0.717) is 23.5 Å². The molecule has 0 unspecified atom stereocenters. The summed E-state index contributed by atoms with van der Waals surface area (Å²) in [7, 11) is 1.77. The molecule has 3 N–H and O–H groups in total. The smallest absolute Gasteiger partial charge is 0.253 e. The highest BCUT2D eigenvalue weighted by Crippen LogP contribution is 2.15. The molecular formula is C23H23N3O2. The lowest BCUT2D eigenvalue weighted by molar-refractivity contribution is -0.115. The van der Waals surface area contributed by atoms with Gasteiger partial charge in [0, 0.05) is 30.5 Å². The Morgan fingerprint density at radius 1 is 0.893 bits per heavy atom. The Bertz CT molecular complexity index is 953. The van der Waals surface area contributed by atoms with Crippen LogP contribution in [-0.2, 0) is 17.8 Å². The van der Waals surface area contributed by atoms with Crippen LogP contribution in [0.3, 0.4) is 0 Å². The van der Waals surface area contributed by atoms with Crippen molar-refractivity contribution in [1.82, 2.24) is 4.90 Å². The minimum Gasteiger partial charge on any atom is -0.399 e. The first-order valence-electron chi connectivity index (χ1n) is 9.05. The number of carbonyl (C=O) groups excluding carboxylic acids is 2. The maximum atomic E-state index is 12.7. The Balaban J connectivity index is 1.63. The fourth-order valence-electron chi connectivity index (χ4n) is 2.91. The van der Waals surface area contributed by atoms with E-state index in [1.807, 2.05) is 42.5 Å². The largest absolute Gasteiger partial charge is 0.399 e. The van der Waals surface area contributed by atoms with Crippen molar-refractivity contribution >= 4 is 23.2 Å². The zero-order valence-corrected chi connectivity index (χ0v) is 15.8. The van der Waals surface area contributed by atoms with Gasteiger partial charge in [0.15, 0.2) is 0 Å². The van der Waals surface area contributed by atoms with E-state index >= 15 is 0 Å². The highest BCUT2D eigenvalue weighted by molar-refractivity contribution is 5.97. The monoisotopic (exact) mass is 373 g/mol. The third-order valence-electron chi connectivity index (χ3n) is 4.35. The van der Waals surface area contributed by atoms with Crippen molar-refractivity contribution in [3.63, 3.8) is 0 Å². The number of hydrogen-bond acceptors (Lipinski definition) is 3. The molecule has 0 aliphatic carbocycles. The van der Waals surface area contributed by atoms with Gasteiger partial charge in [-0.2, -0.15) is 0 Å². The molecule has 2 amide bonds. The van der Waals surface area contributed by atoms with E-state index in [1.54, 1.807) is 48.3 Å². The van der Waals surface area contributed by atoms with Crippen LogP contribution >= 0.6 is 0 Å². The number of nitrogens with zero attached hydrogens (tertiary/aromatic N) is 1. The first kappa shape index (κ1) is 19.2. The number of nitrogens with two attached hydrogens (primary N) is 1. The zero-order valence-electron chi connectivity index (χ0n) is 15.8. The molecule has 142 valence electrons. The molecule has 3 rings (SSSR count). The van der Waals surface area contributed by atoms with Gasteiger partial charge in [0.25, 0.3) is 5.91 Å².